The van der Waals surface area contributed by atoms with E-state index < -0.39 is 0 Å². The Bertz CT molecular complexity index is 255. The molecule has 1 radical (unpaired) electrons. The Hall–Kier alpha value is -0.980. The lowest BCUT2D eigenvalue weighted by atomic mass is 10.1. The van der Waals surface area contributed by atoms with E-state index in [0.717, 1.165) is 38.0 Å². The molecule has 1 nitrogen and oxygen atoms in total. The maximum absolute atomic E-state index is 5.70. The molecule has 0 fully saturated rings. The van der Waals surface area contributed by atoms with Gasteiger partial charge >= 0.3 is 0 Å². The van der Waals surface area contributed by atoms with Crippen molar-refractivity contribution in [3.8, 4) is 5.75 Å². The van der Waals surface area contributed by atoms with Crippen LogP contribution in [0.5, 0.6) is 5.75 Å². The molecular formula is C13H19O. The molecule has 14 heavy (non-hydrogen) atoms. The van der Waals surface area contributed by atoms with Gasteiger partial charge in [0.2, 0.25) is 0 Å². The van der Waals surface area contributed by atoms with E-state index in [1.54, 1.807) is 0 Å². The number of benzene rings is 1. The second-order valence-corrected chi connectivity index (χ2v) is 3.37. The SMILES string of the molecule is [CH2]CCCCOc1ccccc1CC. The first-order chi connectivity index (χ1) is 6.88. The first kappa shape index (κ1) is 11.1. The number of aryl methyl sites for hydroxylation is 1. The third-order valence-corrected chi connectivity index (χ3v) is 2.26. The molecule has 1 heteroatoms. The monoisotopic (exact) mass is 191 g/mol. The van der Waals surface area contributed by atoms with Crippen molar-refractivity contribution >= 4 is 0 Å². The quantitative estimate of drug-likeness (QED) is 0.624. The molecule has 1 aromatic carbocycles. The topological polar surface area (TPSA) is 9.23 Å². The number of ether oxygens (including phenoxy) is 1. The summed E-state index contributed by atoms with van der Waals surface area (Å²) in [6, 6.07) is 8.25. The fraction of sp³-hybridized carbons (Fsp3) is 0.462. The third-order valence-electron chi connectivity index (χ3n) is 2.26. The number of unbranched alkanes of at least 4 members (excludes halogenated alkanes) is 2. The number of rotatable bonds is 6. The molecule has 0 aromatic heterocycles. The molecule has 0 N–H and O–H groups in total. The van der Waals surface area contributed by atoms with Gasteiger partial charge in [-0.3, -0.25) is 0 Å². The van der Waals surface area contributed by atoms with Crippen LogP contribution in [0.2, 0.25) is 0 Å². The van der Waals surface area contributed by atoms with Crippen molar-refractivity contribution in [3.63, 3.8) is 0 Å². The summed E-state index contributed by atoms with van der Waals surface area (Å²) in [6.45, 7) is 6.77. The molecule has 0 amide bonds. The number of hydrogen-bond donors (Lipinski definition) is 0. The van der Waals surface area contributed by atoms with E-state index in [1.165, 1.54) is 5.56 Å². The van der Waals surface area contributed by atoms with Crippen LogP contribution >= 0.6 is 0 Å². The molecule has 77 valence electrons. The molecule has 0 atom stereocenters. The fourth-order valence-electron chi connectivity index (χ4n) is 1.40. The highest BCUT2D eigenvalue weighted by atomic mass is 16.5. The van der Waals surface area contributed by atoms with Crippen molar-refractivity contribution in [2.24, 2.45) is 0 Å². The summed E-state index contributed by atoms with van der Waals surface area (Å²) in [5.74, 6) is 1.04. The standard InChI is InChI=1S/C13H19O/c1-3-5-8-11-14-13-10-7-6-9-12(13)4-2/h6-7,9-10H,1,3-5,8,11H2,2H3. The van der Waals surface area contributed by atoms with Crippen LogP contribution in [-0.4, -0.2) is 6.61 Å². The zero-order valence-electron chi connectivity index (χ0n) is 8.96. The van der Waals surface area contributed by atoms with E-state index in [1.807, 2.05) is 12.1 Å². The average molecular weight is 191 g/mol. The highest BCUT2D eigenvalue weighted by Crippen LogP contribution is 2.18. The van der Waals surface area contributed by atoms with Gasteiger partial charge in [0.15, 0.2) is 0 Å². The molecule has 1 rings (SSSR count). The van der Waals surface area contributed by atoms with Crippen molar-refractivity contribution < 1.29 is 4.74 Å². The van der Waals surface area contributed by atoms with E-state index in [0.29, 0.717) is 0 Å². The predicted molar refractivity (Wildman–Crippen MR) is 60.5 cm³/mol. The Balaban J connectivity index is 2.41. The molecule has 0 aliphatic carbocycles. The normalized spacial score (nSPS) is 10.1. The lowest BCUT2D eigenvalue weighted by Crippen LogP contribution is -1.99. The Morgan fingerprint density at radius 3 is 2.71 bits per heavy atom. The Kier molecular flexibility index (Phi) is 5.13. The molecule has 0 aliphatic heterocycles. The molecule has 0 saturated carbocycles. The summed E-state index contributed by atoms with van der Waals surface area (Å²) in [5, 5.41) is 0. The van der Waals surface area contributed by atoms with E-state index >= 15 is 0 Å². The van der Waals surface area contributed by atoms with Crippen LogP contribution in [-0.2, 0) is 6.42 Å². The Labute approximate surface area is 87.1 Å². The van der Waals surface area contributed by atoms with Crippen LogP contribution in [0.25, 0.3) is 0 Å². The van der Waals surface area contributed by atoms with Gasteiger partial charge in [0.1, 0.15) is 5.75 Å². The van der Waals surface area contributed by atoms with Gasteiger partial charge in [-0.15, -0.1) is 0 Å². The third kappa shape index (κ3) is 3.41. The van der Waals surface area contributed by atoms with Gasteiger partial charge in [-0.1, -0.05) is 44.9 Å². The van der Waals surface area contributed by atoms with Crippen LogP contribution < -0.4 is 4.74 Å². The summed E-state index contributed by atoms with van der Waals surface area (Å²) < 4.78 is 5.70. The summed E-state index contributed by atoms with van der Waals surface area (Å²) in [7, 11) is 0. The van der Waals surface area contributed by atoms with Crippen molar-refractivity contribution in [2.75, 3.05) is 6.61 Å². The van der Waals surface area contributed by atoms with Gasteiger partial charge in [-0.05, 0) is 24.5 Å². The highest BCUT2D eigenvalue weighted by molar-refractivity contribution is 5.33. The van der Waals surface area contributed by atoms with Crippen LogP contribution in [0, 0.1) is 6.92 Å². The van der Waals surface area contributed by atoms with Crippen LogP contribution in [0.15, 0.2) is 24.3 Å². The number of para-hydroxylation sites is 1. The molecular weight excluding hydrogens is 172 g/mol. The predicted octanol–water partition coefficient (Wildman–Crippen LogP) is 3.63. The summed E-state index contributed by atoms with van der Waals surface area (Å²) in [4.78, 5) is 0. The zero-order chi connectivity index (χ0) is 10.2. The smallest absolute Gasteiger partial charge is 0.122 e. The van der Waals surface area contributed by atoms with Crippen LogP contribution in [0.4, 0.5) is 0 Å². The van der Waals surface area contributed by atoms with Crippen molar-refractivity contribution in [3.05, 3.63) is 36.8 Å². The maximum atomic E-state index is 5.70. The molecule has 0 aliphatic rings. The van der Waals surface area contributed by atoms with Crippen molar-refractivity contribution in [1.82, 2.24) is 0 Å². The molecule has 0 spiro atoms. The summed E-state index contributed by atoms with van der Waals surface area (Å²) in [6.07, 6.45) is 4.28. The van der Waals surface area contributed by atoms with Gasteiger partial charge < -0.3 is 4.74 Å². The zero-order valence-corrected chi connectivity index (χ0v) is 8.96. The average Bonchev–Trinajstić information content (AvgIpc) is 2.25. The minimum absolute atomic E-state index is 0.812. The minimum Gasteiger partial charge on any atom is -0.493 e. The van der Waals surface area contributed by atoms with Crippen LogP contribution in [0.3, 0.4) is 0 Å². The maximum Gasteiger partial charge on any atom is 0.122 e. The van der Waals surface area contributed by atoms with Crippen LogP contribution in [0.1, 0.15) is 31.7 Å². The summed E-state index contributed by atoms with van der Waals surface area (Å²) in [5.41, 5.74) is 1.29. The molecule has 0 saturated heterocycles. The first-order valence-electron chi connectivity index (χ1n) is 5.38. The van der Waals surface area contributed by atoms with Crippen molar-refractivity contribution in [1.29, 1.82) is 0 Å². The first-order valence-corrected chi connectivity index (χ1v) is 5.38. The Morgan fingerprint density at radius 1 is 1.21 bits per heavy atom. The van der Waals surface area contributed by atoms with E-state index in [2.05, 4.69) is 26.0 Å². The van der Waals surface area contributed by atoms with Gasteiger partial charge in [0, 0.05) is 0 Å². The molecule has 0 bridgehead atoms. The fourth-order valence-corrected chi connectivity index (χ4v) is 1.40. The minimum atomic E-state index is 0.812. The van der Waals surface area contributed by atoms with E-state index in [4.69, 9.17) is 4.74 Å². The molecule has 0 unspecified atom stereocenters. The highest BCUT2D eigenvalue weighted by Gasteiger charge is 1.99. The second-order valence-electron chi connectivity index (χ2n) is 3.37. The second kappa shape index (κ2) is 6.47. The summed E-state index contributed by atoms with van der Waals surface area (Å²) >= 11 is 0. The van der Waals surface area contributed by atoms with Gasteiger partial charge in [-0.2, -0.15) is 0 Å². The molecule has 0 heterocycles. The lowest BCUT2D eigenvalue weighted by Gasteiger charge is -2.09. The van der Waals surface area contributed by atoms with Crippen molar-refractivity contribution in [2.45, 2.75) is 32.6 Å². The number of hydrogen-bond acceptors (Lipinski definition) is 1. The Morgan fingerprint density at radius 2 is 2.00 bits per heavy atom. The molecule has 1 aromatic rings. The largest absolute Gasteiger partial charge is 0.493 e. The lowest BCUT2D eigenvalue weighted by molar-refractivity contribution is 0.304. The van der Waals surface area contributed by atoms with E-state index in [-0.39, 0.29) is 0 Å². The van der Waals surface area contributed by atoms with Gasteiger partial charge in [0.05, 0.1) is 6.61 Å². The van der Waals surface area contributed by atoms with E-state index in [9.17, 15) is 0 Å². The van der Waals surface area contributed by atoms with Gasteiger partial charge in [0.25, 0.3) is 0 Å². The van der Waals surface area contributed by atoms with Gasteiger partial charge in [-0.25, -0.2) is 0 Å².